The molecule has 0 aliphatic heterocycles. The van der Waals surface area contributed by atoms with E-state index in [1.54, 1.807) is 63.0 Å². The Labute approximate surface area is 192 Å². The second-order valence-corrected chi connectivity index (χ2v) is 7.14. The zero-order valence-electron chi connectivity index (χ0n) is 18.3. The number of aromatic nitrogens is 2. The Balaban J connectivity index is 1.35. The first-order valence-electron chi connectivity index (χ1n) is 10.3. The van der Waals surface area contributed by atoms with Crippen LogP contribution in [0, 0.1) is 0 Å². The van der Waals surface area contributed by atoms with Crippen LogP contribution < -0.4 is 19.5 Å². The van der Waals surface area contributed by atoms with Crippen molar-refractivity contribution in [3.05, 3.63) is 96.3 Å². The zero-order valence-corrected chi connectivity index (χ0v) is 18.3. The molecule has 4 rings (SSSR count). The predicted octanol–water partition coefficient (Wildman–Crippen LogP) is 4.88. The normalized spacial score (nSPS) is 10.4. The third-order valence-corrected chi connectivity index (χ3v) is 4.99. The van der Waals surface area contributed by atoms with Gasteiger partial charge in [0.25, 0.3) is 5.91 Å². The third kappa shape index (κ3) is 5.65. The van der Waals surface area contributed by atoms with Crippen molar-refractivity contribution in [1.29, 1.82) is 0 Å². The maximum atomic E-state index is 12.5. The number of ether oxygens (including phenoxy) is 3. The molecule has 0 atom stereocenters. The third-order valence-electron chi connectivity index (χ3n) is 4.99. The Kier molecular flexibility index (Phi) is 6.80. The lowest BCUT2D eigenvalue weighted by Gasteiger charge is -2.08. The van der Waals surface area contributed by atoms with Crippen LogP contribution in [0.2, 0.25) is 0 Å². The molecular formula is C26H23N3O4. The number of nitrogens with one attached hydrogen (secondary N) is 1. The summed E-state index contributed by atoms with van der Waals surface area (Å²) < 4.78 is 15.9. The van der Waals surface area contributed by atoms with Crippen molar-refractivity contribution in [3.63, 3.8) is 0 Å². The molecule has 0 spiro atoms. The van der Waals surface area contributed by atoms with Crippen molar-refractivity contribution in [2.75, 3.05) is 14.2 Å². The van der Waals surface area contributed by atoms with Gasteiger partial charge in [-0.15, -0.1) is 0 Å². The molecule has 4 aromatic rings. The van der Waals surface area contributed by atoms with Crippen molar-refractivity contribution in [2.24, 2.45) is 0 Å². The van der Waals surface area contributed by atoms with Gasteiger partial charge in [-0.25, -0.2) is 9.97 Å². The molecule has 3 aromatic carbocycles. The van der Waals surface area contributed by atoms with Gasteiger partial charge in [-0.05, 0) is 59.7 Å². The summed E-state index contributed by atoms with van der Waals surface area (Å²) in [6.45, 7) is 0.439. The minimum atomic E-state index is -0.142. The number of benzene rings is 3. The summed E-state index contributed by atoms with van der Waals surface area (Å²) in [5, 5.41) is 2.92. The summed E-state index contributed by atoms with van der Waals surface area (Å²) in [4.78, 5) is 21.0. The van der Waals surface area contributed by atoms with Gasteiger partial charge in [-0.1, -0.05) is 24.3 Å². The van der Waals surface area contributed by atoms with E-state index in [4.69, 9.17) is 14.2 Å². The van der Waals surface area contributed by atoms with Crippen LogP contribution in [0.25, 0.3) is 11.1 Å². The Bertz CT molecular complexity index is 1190. The SMILES string of the molecule is COc1ccc(CNC(=O)c2ccc(-c3cnc(Oc4ccc(OC)cc4)nc3)cc2)cc1. The number of rotatable bonds is 8. The van der Waals surface area contributed by atoms with Gasteiger partial charge in [-0.3, -0.25) is 4.79 Å². The second kappa shape index (κ2) is 10.3. The summed E-state index contributed by atoms with van der Waals surface area (Å²) in [5.41, 5.74) is 3.29. The Morgan fingerprint density at radius 2 is 1.27 bits per heavy atom. The average Bonchev–Trinajstić information content (AvgIpc) is 2.88. The molecule has 7 nitrogen and oxygen atoms in total. The molecule has 0 unspecified atom stereocenters. The second-order valence-electron chi connectivity index (χ2n) is 7.14. The molecule has 0 radical (unpaired) electrons. The summed E-state index contributed by atoms with van der Waals surface area (Å²) in [6.07, 6.45) is 3.37. The number of hydrogen-bond donors (Lipinski definition) is 1. The fourth-order valence-electron chi connectivity index (χ4n) is 3.11. The van der Waals surface area contributed by atoms with Crippen LogP contribution in [0.5, 0.6) is 23.3 Å². The highest BCUT2D eigenvalue weighted by Crippen LogP contribution is 2.23. The van der Waals surface area contributed by atoms with Gasteiger partial charge in [0, 0.05) is 30.1 Å². The van der Waals surface area contributed by atoms with E-state index in [1.807, 2.05) is 36.4 Å². The number of carbonyl (C=O) groups excluding carboxylic acids is 1. The first-order valence-corrected chi connectivity index (χ1v) is 10.3. The maximum Gasteiger partial charge on any atom is 0.321 e. The fourth-order valence-corrected chi connectivity index (χ4v) is 3.11. The number of nitrogens with zero attached hydrogens (tertiary/aromatic N) is 2. The molecule has 0 saturated heterocycles. The van der Waals surface area contributed by atoms with Crippen molar-refractivity contribution in [2.45, 2.75) is 6.54 Å². The number of amides is 1. The van der Waals surface area contributed by atoms with Crippen molar-refractivity contribution >= 4 is 5.91 Å². The summed E-state index contributed by atoms with van der Waals surface area (Å²) in [6, 6.07) is 22.3. The molecule has 33 heavy (non-hydrogen) atoms. The fraction of sp³-hybridized carbons (Fsp3) is 0.115. The van der Waals surface area contributed by atoms with E-state index < -0.39 is 0 Å². The molecule has 166 valence electrons. The van der Waals surface area contributed by atoms with E-state index in [0.717, 1.165) is 28.2 Å². The minimum Gasteiger partial charge on any atom is -0.497 e. The molecule has 0 saturated carbocycles. The predicted molar refractivity (Wildman–Crippen MR) is 125 cm³/mol. The smallest absolute Gasteiger partial charge is 0.321 e. The summed E-state index contributed by atoms with van der Waals surface area (Å²) >= 11 is 0. The van der Waals surface area contributed by atoms with Crippen LogP contribution in [-0.4, -0.2) is 30.1 Å². The first kappa shape index (κ1) is 21.8. The molecule has 7 heteroatoms. The van der Waals surface area contributed by atoms with Gasteiger partial charge in [-0.2, -0.15) is 0 Å². The van der Waals surface area contributed by atoms with Crippen LogP contribution in [0.4, 0.5) is 0 Å². The van der Waals surface area contributed by atoms with Crippen LogP contribution in [0.3, 0.4) is 0 Å². The van der Waals surface area contributed by atoms with Crippen molar-refractivity contribution < 1.29 is 19.0 Å². The number of methoxy groups -OCH3 is 2. The molecule has 0 bridgehead atoms. The summed E-state index contributed by atoms with van der Waals surface area (Å²) in [5.74, 6) is 2.01. The monoisotopic (exact) mass is 441 g/mol. The van der Waals surface area contributed by atoms with E-state index >= 15 is 0 Å². The highest BCUT2D eigenvalue weighted by molar-refractivity contribution is 5.94. The molecular weight excluding hydrogens is 418 g/mol. The van der Waals surface area contributed by atoms with Gasteiger partial charge in [0.05, 0.1) is 14.2 Å². The lowest BCUT2D eigenvalue weighted by atomic mass is 10.1. The van der Waals surface area contributed by atoms with Crippen LogP contribution in [-0.2, 0) is 6.54 Å². The molecule has 0 aliphatic carbocycles. The van der Waals surface area contributed by atoms with Gasteiger partial charge in [0.2, 0.25) is 0 Å². The Morgan fingerprint density at radius 3 is 1.85 bits per heavy atom. The zero-order chi connectivity index (χ0) is 23.0. The number of hydrogen-bond acceptors (Lipinski definition) is 6. The molecule has 0 fully saturated rings. The van der Waals surface area contributed by atoms with E-state index in [-0.39, 0.29) is 11.9 Å². The van der Waals surface area contributed by atoms with E-state index in [1.165, 1.54) is 0 Å². The molecule has 1 aromatic heterocycles. The quantitative estimate of drug-likeness (QED) is 0.420. The lowest BCUT2D eigenvalue weighted by Crippen LogP contribution is -2.22. The van der Waals surface area contributed by atoms with Crippen molar-refractivity contribution in [3.8, 4) is 34.4 Å². The standard InChI is InChI=1S/C26H23N3O4/c1-31-22-9-3-18(4-10-22)15-27-25(30)20-7-5-19(6-8-20)21-16-28-26(29-17-21)33-24-13-11-23(32-2)12-14-24/h3-14,16-17H,15H2,1-2H3,(H,27,30). The topological polar surface area (TPSA) is 82.6 Å². The van der Waals surface area contributed by atoms with Crippen LogP contribution in [0.1, 0.15) is 15.9 Å². The molecule has 1 N–H and O–H groups in total. The van der Waals surface area contributed by atoms with E-state index in [0.29, 0.717) is 17.9 Å². The number of carbonyl (C=O) groups is 1. The van der Waals surface area contributed by atoms with Crippen molar-refractivity contribution in [1.82, 2.24) is 15.3 Å². The minimum absolute atomic E-state index is 0.142. The van der Waals surface area contributed by atoms with Gasteiger partial charge in [0.1, 0.15) is 17.2 Å². The lowest BCUT2D eigenvalue weighted by molar-refractivity contribution is 0.0951. The van der Waals surface area contributed by atoms with Crippen LogP contribution in [0.15, 0.2) is 85.2 Å². The Morgan fingerprint density at radius 1 is 0.727 bits per heavy atom. The van der Waals surface area contributed by atoms with Gasteiger partial charge >= 0.3 is 6.01 Å². The maximum absolute atomic E-state index is 12.5. The van der Waals surface area contributed by atoms with Gasteiger partial charge < -0.3 is 19.5 Å². The highest BCUT2D eigenvalue weighted by atomic mass is 16.5. The Hall–Kier alpha value is -4.39. The largest absolute Gasteiger partial charge is 0.497 e. The molecule has 1 amide bonds. The van der Waals surface area contributed by atoms with Crippen LogP contribution >= 0.6 is 0 Å². The highest BCUT2D eigenvalue weighted by Gasteiger charge is 2.08. The molecule has 0 aliphatic rings. The van der Waals surface area contributed by atoms with E-state index in [9.17, 15) is 4.79 Å². The molecule has 1 heterocycles. The summed E-state index contributed by atoms with van der Waals surface area (Å²) in [7, 11) is 3.23. The van der Waals surface area contributed by atoms with E-state index in [2.05, 4.69) is 15.3 Å². The van der Waals surface area contributed by atoms with Gasteiger partial charge in [0.15, 0.2) is 0 Å². The average molecular weight is 441 g/mol. The first-order chi connectivity index (χ1) is 16.1.